The summed E-state index contributed by atoms with van der Waals surface area (Å²) in [6.07, 6.45) is 8.74. The molecule has 2 nitrogen and oxygen atoms in total. The Hall–Kier alpha value is -0.790. The highest BCUT2D eigenvalue weighted by Gasteiger charge is 2.37. The smallest absolute Gasteiger partial charge is 0.306 e. The Bertz CT molecular complexity index is 198. The Labute approximate surface area is 66.2 Å². The van der Waals surface area contributed by atoms with E-state index in [1.165, 1.54) is 0 Å². The molecule has 0 amide bonds. The zero-order chi connectivity index (χ0) is 7.73. The van der Waals surface area contributed by atoms with Crippen molar-refractivity contribution in [1.82, 2.24) is 0 Å². The van der Waals surface area contributed by atoms with E-state index in [1.807, 2.05) is 0 Å². The molecule has 0 aromatic rings. The van der Waals surface area contributed by atoms with Gasteiger partial charge in [0.25, 0.3) is 0 Å². The third kappa shape index (κ3) is 1.17. The molecule has 1 saturated heterocycles. The lowest BCUT2D eigenvalue weighted by Gasteiger charge is -2.32. The summed E-state index contributed by atoms with van der Waals surface area (Å²) in [5.41, 5.74) is -0.116. The second-order valence-corrected chi connectivity index (χ2v) is 3.39. The summed E-state index contributed by atoms with van der Waals surface area (Å²) in [7, 11) is 0. The molecule has 2 aliphatic rings. The van der Waals surface area contributed by atoms with Crippen LogP contribution in [0.3, 0.4) is 0 Å². The number of hydrogen-bond donors (Lipinski definition) is 0. The lowest BCUT2D eigenvalue weighted by Crippen LogP contribution is -2.35. The molecule has 1 aliphatic carbocycles. The van der Waals surface area contributed by atoms with E-state index in [9.17, 15) is 4.79 Å². The van der Waals surface area contributed by atoms with Crippen LogP contribution in [0.25, 0.3) is 0 Å². The Balaban J connectivity index is 2.07. The van der Waals surface area contributed by atoms with E-state index in [1.54, 1.807) is 0 Å². The maximum atomic E-state index is 11.0. The van der Waals surface area contributed by atoms with Crippen molar-refractivity contribution in [1.29, 1.82) is 0 Å². The van der Waals surface area contributed by atoms with Gasteiger partial charge in [0.05, 0.1) is 0 Å². The van der Waals surface area contributed by atoms with Gasteiger partial charge in [-0.05, 0) is 12.8 Å². The molecule has 1 fully saturated rings. The van der Waals surface area contributed by atoms with Crippen LogP contribution in [0, 0.1) is 0 Å². The van der Waals surface area contributed by atoms with Crippen molar-refractivity contribution in [2.45, 2.75) is 37.7 Å². The van der Waals surface area contributed by atoms with Gasteiger partial charge >= 0.3 is 5.97 Å². The van der Waals surface area contributed by atoms with Crippen LogP contribution in [-0.2, 0) is 9.53 Å². The first kappa shape index (κ1) is 6.89. The summed E-state index contributed by atoms with van der Waals surface area (Å²) in [5, 5.41) is 0. The third-order valence-electron chi connectivity index (χ3n) is 2.49. The minimum Gasteiger partial charge on any atom is -0.458 e. The highest BCUT2D eigenvalue weighted by Crippen LogP contribution is 2.36. The van der Waals surface area contributed by atoms with Crippen molar-refractivity contribution >= 4 is 5.97 Å². The molecule has 0 aromatic heterocycles. The summed E-state index contributed by atoms with van der Waals surface area (Å²) in [4.78, 5) is 11.0. The Kier molecular flexibility index (Phi) is 1.48. The Morgan fingerprint density at radius 3 is 2.73 bits per heavy atom. The van der Waals surface area contributed by atoms with Crippen molar-refractivity contribution in [2.75, 3.05) is 0 Å². The number of ether oxygens (including phenoxy) is 1. The number of esters is 1. The van der Waals surface area contributed by atoms with Gasteiger partial charge in [0.1, 0.15) is 5.60 Å². The predicted molar refractivity (Wildman–Crippen MR) is 41.0 cm³/mol. The number of carbonyl (C=O) groups is 1. The van der Waals surface area contributed by atoms with Gasteiger partial charge in [-0.3, -0.25) is 4.79 Å². The molecule has 0 unspecified atom stereocenters. The first-order valence-electron chi connectivity index (χ1n) is 4.18. The highest BCUT2D eigenvalue weighted by molar-refractivity contribution is 5.70. The summed E-state index contributed by atoms with van der Waals surface area (Å²) < 4.78 is 5.33. The molecule has 1 spiro atoms. The van der Waals surface area contributed by atoms with Gasteiger partial charge in [0, 0.05) is 19.3 Å². The van der Waals surface area contributed by atoms with Crippen LogP contribution in [0.5, 0.6) is 0 Å². The van der Waals surface area contributed by atoms with Gasteiger partial charge in [-0.2, -0.15) is 0 Å². The van der Waals surface area contributed by atoms with E-state index in [0.29, 0.717) is 6.42 Å². The topological polar surface area (TPSA) is 26.3 Å². The van der Waals surface area contributed by atoms with Crippen molar-refractivity contribution in [3.8, 4) is 0 Å². The van der Waals surface area contributed by atoms with E-state index in [0.717, 1.165) is 25.7 Å². The molecule has 2 rings (SSSR count). The van der Waals surface area contributed by atoms with Crippen molar-refractivity contribution < 1.29 is 9.53 Å². The van der Waals surface area contributed by atoms with Gasteiger partial charge in [-0.15, -0.1) is 0 Å². The summed E-state index contributed by atoms with van der Waals surface area (Å²) in [6, 6.07) is 0. The maximum absolute atomic E-state index is 11.0. The Morgan fingerprint density at radius 2 is 2.09 bits per heavy atom. The predicted octanol–water partition coefficient (Wildman–Crippen LogP) is 1.80. The molecule has 0 aromatic carbocycles. The maximum Gasteiger partial charge on any atom is 0.306 e. The van der Waals surface area contributed by atoms with Crippen LogP contribution in [0.4, 0.5) is 0 Å². The molecule has 1 heterocycles. The Morgan fingerprint density at radius 1 is 1.36 bits per heavy atom. The normalized spacial score (nSPS) is 27.5. The third-order valence-corrected chi connectivity index (χ3v) is 2.49. The molecule has 0 N–H and O–H groups in total. The van der Waals surface area contributed by atoms with E-state index in [2.05, 4.69) is 12.2 Å². The van der Waals surface area contributed by atoms with Gasteiger partial charge in [-0.25, -0.2) is 0 Å². The van der Waals surface area contributed by atoms with E-state index < -0.39 is 0 Å². The van der Waals surface area contributed by atoms with Crippen LogP contribution in [0.15, 0.2) is 12.2 Å². The molecule has 2 heteroatoms. The molecule has 0 saturated carbocycles. The second kappa shape index (κ2) is 2.36. The van der Waals surface area contributed by atoms with Crippen molar-refractivity contribution in [2.24, 2.45) is 0 Å². The van der Waals surface area contributed by atoms with Crippen molar-refractivity contribution in [3.05, 3.63) is 12.2 Å². The second-order valence-electron chi connectivity index (χ2n) is 3.39. The van der Waals surface area contributed by atoms with Crippen LogP contribution in [-0.4, -0.2) is 11.6 Å². The van der Waals surface area contributed by atoms with E-state index in [4.69, 9.17) is 4.74 Å². The van der Waals surface area contributed by atoms with Gasteiger partial charge < -0.3 is 4.74 Å². The zero-order valence-corrected chi connectivity index (χ0v) is 6.51. The lowest BCUT2D eigenvalue weighted by molar-refractivity contribution is -0.165. The van der Waals surface area contributed by atoms with Gasteiger partial charge in [-0.1, -0.05) is 12.2 Å². The summed E-state index contributed by atoms with van der Waals surface area (Å²) >= 11 is 0. The summed E-state index contributed by atoms with van der Waals surface area (Å²) in [5.74, 6) is -0.0139. The average Bonchev–Trinajstić information content (AvgIpc) is 2.37. The molecule has 1 aliphatic heterocycles. The van der Waals surface area contributed by atoms with Crippen molar-refractivity contribution in [3.63, 3.8) is 0 Å². The first-order chi connectivity index (χ1) is 5.31. The zero-order valence-electron chi connectivity index (χ0n) is 6.51. The fourth-order valence-electron chi connectivity index (χ4n) is 1.87. The molecule has 0 radical (unpaired) electrons. The minimum atomic E-state index is -0.116. The van der Waals surface area contributed by atoms with Crippen LogP contribution >= 0.6 is 0 Å². The number of hydrogen-bond acceptors (Lipinski definition) is 2. The molecular weight excluding hydrogens is 140 g/mol. The highest BCUT2D eigenvalue weighted by atomic mass is 16.6. The average molecular weight is 152 g/mol. The number of carbonyl (C=O) groups excluding carboxylic acids is 1. The summed E-state index contributed by atoms with van der Waals surface area (Å²) in [6.45, 7) is 0. The fraction of sp³-hybridized carbons (Fsp3) is 0.667. The van der Waals surface area contributed by atoms with Crippen LogP contribution < -0.4 is 0 Å². The van der Waals surface area contributed by atoms with E-state index >= 15 is 0 Å². The SMILES string of the molecule is O=C1CCCC2(CC=CC2)O1. The van der Waals surface area contributed by atoms with Crippen LogP contribution in [0.2, 0.25) is 0 Å². The molecule has 11 heavy (non-hydrogen) atoms. The minimum absolute atomic E-state index is 0.0139. The first-order valence-corrected chi connectivity index (χ1v) is 4.18. The molecule has 0 atom stereocenters. The standard InChI is InChI=1S/C9H12O2/c10-8-4-3-7-9(11-8)5-1-2-6-9/h1-2H,3-7H2. The van der Waals surface area contributed by atoms with Gasteiger partial charge in [0.2, 0.25) is 0 Å². The number of rotatable bonds is 0. The fourth-order valence-corrected chi connectivity index (χ4v) is 1.87. The molecule has 0 bridgehead atoms. The lowest BCUT2D eigenvalue weighted by atomic mass is 9.91. The van der Waals surface area contributed by atoms with E-state index in [-0.39, 0.29) is 11.6 Å². The van der Waals surface area contributed by atoms with Crippen LogP contribution in [0.1, 0.15) is 32.1 Å². The van der Waals surface area contributed by atoms with Gasteiger partial charge in [0.15, 0.2) is 0 Å². The largest absolute Gasteiger partial charge is 0.458 e. The quantitative estimate of drug-likeness (QED) is 0.391. The molecular formula is C9H12O2. The molecule has 60 valence electrons. The monoisotopic (exact) mass is 152 g/mol.